The first kappa shape index (κ1) is 21.2. The zero-order valence-electron chi connectivity index (χ0n) is 18.6. The quantitative estimate of drug-likeness (QED) is 0.545. The average Bonchev–Trinajstić information content (AvgIpc) is 3.60. The second-order valence-electron chi connectivity index (χ2n) is 8.20. The minimum Gasteiger partial charge on any atom is -0.353 e. The molecule has 2 aromatic carbocycles. The maximum Gasteiger partial charge on any atom is 0.251 e. The molecule has 0 bridgehead atoms. The number of carbonyl (C=O) groups is 1. The van der Waals surface area contributed by atoms with Crippen LogP contribution in [0.25, 0.3) is 22.0 Å². The number of likely N-dealkylation sites (N-methyl/N-ethyl adjacent to an activating group) is 1. The van der Waals surface area contributed by atoms with Crippen LogP contribution in [-0.4, -0.2) is 53.0 Å². The van der Waals surface area contributed by atoms with Crippen molar-refractivity contribution in [3.8, 4) is 11.1 Å². The summed E-state index contributed by atoms with van der Waals surface area (Å²) >= 11 is 0. The standard InChI is InChI=1S/C25H31N5O/c1-4-30(5-2)13-12-26-25-27-16-20-14-18(8-11-23(20)29-25)22-15-19(7-6-17(22)3)24(31)28-21-9-10-21/h6-8,11,14-16,21H,4-5,9-10,12-13H2,1-3H3,(H,28,31)(H,26,27,29). The van der Waals surface area contributed by atoms with E-state index in [2.05, 4.69) is 58.4 Å². The molecular weight excluding hydrogens is 386 g/mol. The number of benzene rings is 2. The molecule has 1 aliphatic carbocycles. The molecule has 1 amide bonds. The normalized spacial score (nSPS) is 13.5. The third-order valence-electron chi connectivity index (χ3n) is 5.91. The van der Waals surface area contributed by atoms with Crippen LogP contribution in [0.1, 0.15) is 42.6 Å². The van der Waals surface area contributed by atoms with Crippen LogP contribution in [0.3, 0.4) is 0 Å². The molecule has 0 atom stereocenters. The summed E-state index contributed by atoms with van der Waals surface area (Å²) in [6, 6.07) is 12.4. The summed E-state index contributed by atoms with van der Waals surface area (Å²) in [7, 11) is 0. The fourth-order valence-corrected chi connectivity index (χ4v) is 3.72. The van der Waals surface area contributed by atoms with Gasteiger partial charge in [-0.2, -0.15) is 0 Å². The summed E-state index contributed by atoms with van der Waals surface area (Å²) in [6.45, 7) is 10.3. The van der Waals surface area contributed by atoms with Crippen molar-refractivity contribution in [1.82, 2.24) is 20.2 Å². The van der Waals surface area contributed by atoms with Gasteiger partial charge in [0, 0.05) is 36.3 Å². The lowest BCUT2D eigenvalue weighted by Gasteiger charge is -2.17. The summed E-state index contributed by atoms with van der Waals surface area (Å²) < 4.78 is 0. The fourth-order valence-electron chi connectivity index (χ4n) is 3.72. The number of fused-ring (bicyclic) bond motifs is 1. The minimum atomic E-state index is 0.00769. The highest BCUT2D eigenvalue weighted by atomic mass is 16.1. The van der Waals surface area contributed by atoms with Crippen LogP contribution in [0, 0.1) is 6.92 Å². The van der Waals surface area contributed by atoms with Gasteiger partial charge in [0.15, 0.2) is 0 Å². The number of carbonyl (C=O) groups excluding carboxylic acids is 1. The largest absolute Gasteiger partial charge is 0.353 e. The van der Waals surface area contributed by atoms with Crippen molar-refractivity contribution in [3.63, 3.8) is 0 Å². The highest BCUT2D eigenvalue weighted by molar-refractivity contribution is 5.96. The number of amides is 1. The van der Waals surface area contributed by atoms with E-state index in [9.17, 15) is 4.79 Å². The molecule has 2 N–H and O–H groups in total. The Hall–Kier alpha value is -2.99. The van der Waals surface area contributed by atoms with E-state index >= 15 is 0 Å². The monoisotopic (exact) mass is 417 g/mol. The summed E-state index contributed by atoms with van der Waals surface area (Å²) in [5, 5.41) is 7.37. The third kappa shape index (κ3) is 5.20. The summed E-state index contributed by atoms with van der Waals surface area (Å²) in [5.41, 5.74) is 4.88. The summed E-state index contributed by atoms with van der Waals surface area (Å²) in [5.74, 6) is 0.663. The van der Waals surface area contributed by atoms with Crippen molar-refractivity contribution in [2.24, 2.45) is 0 Å². The Morgan fingerprint density at radius 3 is 2.68 bits per heavy atom. The highest BCUT2D eigenvalue weighted by Crippen LogP contribution is 2.28. The number of rotatable bonds is 9. The predicted molar refractivity (Wildman–Crippen MR) is 126 cm³/mol. The number of aromatic nitrogens is 2. The van der Waals surface area contributed by atoms with Crippen molar-refractivity contribution in [1.29, 1.82) is 0 Å². The van der Waals surface area contributed by atoms with Crippen LogP contribution >= 0.6 is 0 Å². The molecule has 6 nitrogen and oxygen atoms in total. The fraction of sp³-hybridized carbons (Fsp3) is 0.400. The van der Waals surface area contributed by atoms with Gasteiger partial charge in [-0.05, 0) is 73.8 Å². The van der Waals surface area contributed by atoms with E-state index in [0.29, 0.717) is 17.6 Å². The van der Waals surface area contributed by atoms with Gasteiger partial charge in [-0.1, -0.05) is 26.0 Å². The van der Waals surface area contributed by atoms with E-state index in [-0.39, 0.29) is 5.91 Å². The molecule has 1 aliphatic rings. The average molecular weight is 418 g/mol. The first-order valence-corrected chi connectivity index (χ1v) is 11.2. The second kappa shape index (κ2) is 9.43. The smallest absolute Gasteiger partial charge is 0.251 e. The molecule has 1 heterocycles. The number of nitrogens with zero attached hydrogens (tertiary/aromatic N) is 3. The highest BCUT2D eigenvalue weighted by Gasteiger charge is 2.24. The molecular formula is C25H31N5O. The zero-order valence-corrected chi connectivity index (χ0v) is 18.6. The topological polar surface area (TPSA) is 70.2 Å². The van der Waals surface area contributed by atoms with Crippen molar-refractivity contribution in [2.75, 3.05) is 31.5 Å². The molecule has 0 radical (unpaired) electrons. The van der Waals surface area contributed by atoms with Gasteiger partial charge in [0.05, 0.1) is 5.52 Å². The Morgan fingerprint density at radius 1 is 1.13 bits per heavy atom. The molecule has 6 heteroatoms. The van der Waals surface area contributed by atoms with E-state index in [0.717, 1.165) is 66.6 Å². The van der Waals surface area contributed by atoms with E-state index in [1.54, 1.807) is 0 Å². The van der Waals surface area contributed by atoms with Gasteiger partial charge in [-0.25, -0.2) is 9.97 Å². The molecule has 4 rings (SSSR count). The molecule has 0 spiro atoms. The van der Waals surface area contributed by atoms with Gasteiger partial charge in [-0.3, -0.25) is 4.79 Å². The number of anilines is 1. The molecule has 31 heavy (non-hydrogen) atoms. The van der Waals surface area contributed by atoms with Crippen LogP contribution in [0.4, 0.5) is 5.95 Å². The van der Waals surface area contributed by atoms with Gasteiger partial charge >= 0.3 is 0 Å². The van der Waals surface area contributed by atoms with Gasteiger partial charge in [0.25, 0.3) is 5.91 Å². The van der Waals surface area contributed by atoms with Crippen LogP contribution in [-0.2, 0) is 0 Å². The Labute approximate surface area is 184 Å². The van der Waals surface area contributed by atoms with Crippen molar-refractivity contribution in [2.45, 2.75) is 39.7 Å². The molecule has 0 unspecified atom stereocenters. The van der Waals surface area contributed by atoms with Crippen LogP contribution in [0.5, 0.6) is 0 Å². The van der Waals surface area contributed by atoms with Gasteiger partial charge in [0.2, 0.25) is 5.95 Å². The van der Waals surface area contributed by atoms with E-state index in [4.69, 9.17) is 0 Å². The summed E-state index contributed by atoms with van der Waals surface area (Å²) in [6.07, 6.45) is 4.04. The lowest BCUT2D eigenvalue weighted by molar-refractivity contribution is 0.0951. The molecule has 1 saturated carbocycles. The first-order chi connectivity index (χ1) is 15.1. The number of hydrogen-bond acceptors (Lipinski definition) is 5. The molecule has 1 fully saturated rings. The molecule has 0 saturated heterocycles. The lowest BCUT2D eigenvalue weighted by atomic mass is 9.97. The number of hydrogen-bond donors (Lipinski definition) is 2. The van der Waals surface area contributed by atoms with Gasteiger partial charge in [0.1, 0.15) is 0 Å². The molecule has 0 aliphatic heterocycles. The zero-order chi connectivity index (χ0) is 21.8. The van der Waals surface area contributed by atoms with Gasteiger partial charge < -0.3 is 15.5 Å². The number of nitrogens with one attached hydrogen (secondary N) is 2. The summed E-state index contributed by atoms with van der Waals surface area (Å²) in [4.78, 5) is 24.0. The molecule has 3 aromatic rings. The van der Waals surface area contributed by atoms with Gasteiger partial charge in [-0.15, -0.1) is 0 Å². The third-order valence-corrected chi connectivity index (χ3v) is 5.91. The van der Waals surface area contributed by atoms with E-state index in [1.807, 2.05) is 30.5 Å². The van der Waals surface area contributed by atoms with Crippen molar-refractivity contribution in [3.05, 3.63) is 53.7 Å². The Morgan fingerprint density at radius 2 is 1.94 bits per heavy atom. The second-order valence-corrected chi connectivity index (χ2v) is 8.20. The van der Waals surface area contributed by atoms with Crippen LogP contribution in [0.15, 0.2) is 42.6 Å². The lowest BCUT2D eigenvalue weighted by Crippen LogP contribution is -2.28. The van der Waals surface area contributed by atoms with E-state index < -0.39 is 0 Å². The van der Waals surface area contributed by atoms with Crippen LogP contribution < -0.4 is 10.6 Å². The molecule has 1 aromatic heterocycles. The Bertz CT molecular complexity index is 1070. The SMILES string of the molecule is CCN(CC)CCNc1ncc2cc(-c3cc(C(=O)NC4CC4)ccc3C)ccc2n1. The Kier molecular flexibility index (Phi) is 6.47. The maximum absolute atomic E-state index is 12.5. The van der Waals surface area contributed by atoms with E-state index in [1.165, 1.54) is 0 Å². The van der Waals surface area contributed by atoms with Crippen molar-refractivity contribution < 1.29 is 4.79 Å². The minimum absolute atomic E-state index is 0.00769. The first-order valence-electron chi connectivity index (χ1n) is 11.2. The predicted octanol–water partition coefficient (Wildman–Crippen LogP) is 4.25. The number of aryl methyl sites for hydroxylation is 1. The van der Waals surface area contributed by atoms with Crippen LogP contribution in [0.2, 0.25) is 0 Å². The maximum atomic E-state index is 12.5. The molecule has 162 valence electrons. The van der Waals surface area contributed by atoms with Crippen molar-refractivity contribution >= 4 is 22.8 Å². The Balaban J connectivity index is 1.52.